The van der Waals surface area contributed by atoms with Crippen LogP contribution in [0.5, 0.6) is 0 Å². The van der Waals surface area contributed by atoms with Crippen LogP contribution >= 0.6 is 0 Å². The molecule has 4 rings (SSSR count). The second-order valence-corrected chi connectivity index (χ2v) is 6.18. The van der Waals surface area contributed by atoms with E-state index in [9.17, 15) is 0 Å². The molecule has 1 aliphatic heterocycles. The maximum Gasteiger partial charge on any atom is 0.127 e. The minimum Gasteiger partial charge on any atom is -0.489 e. The van der Waals surface area contributed by atoms with Crippen molar-refractivity contribution < 1.29 is 4.74 Å². The average Bonchev–Trinajstić information content (AvgIpc) is 2.74. The van der Waals surface area contributed by atoms with E-state index in [4.69, 9.17) is 4.74 Å². The first-order valence-electron chi connectivity index (χ1n) is 8.83. The lowest BCUT2D eigenvalue weighted by molar-refractivity contribution is 0.315. The molecule has 0 saturated carbocycles. The molecule has 3 aromatic rings. The van der Waals surface area contributed by atoms with Crippen LogP contribution in [0.1, 0.15) is 16.7 Å². The highest BCUT2D eigenvalue weighted by Gasteiger charge is 2.10. The third-order valence-electron chi connectivity index (χ3n) is 4.39. The molecule has 0 amide bonds. The fourth-order valence-corrected chi connectivity index (χ4v) is 3.08. The van der Waals surface area contributed by atoms with Crippen LogP contribution in [0.3, 0.4) is 0 Å². The third-order valence-corrected chi connectivity index (χ3v) is 4.39. The topological polar surface area (TPSA) is 9.23 Å². The average molecular weight is 336 g/mol. The van der Waals surface area contributed by atoms with Crippen molar-refractivity contribution >= 4 is 11.3 Å². The van der Waals surface area contributed by atoms with Gasteiger partial charge in [-0.15, -0.1) is 0 Å². The van der Waals surface area contributed by atoms with Crippen LogP contribution in [-0.4, -0.2) is 6.61 Å². The standard InChI is InChI=1S/C25H20O/c1-4-10-21(11-5-1)24(22-12-6-2-7-13-22)18-20-16-17-26-25(19-20)23-14-8-3-9-15-23/h1-16,18-19H,17H2. The zero-order valence-electron chi connectivity index (χ0n) is 14.5. The molecule has 1 heterocycles. The summed E-state index contributed by atoms with van der Waals surface area (Å²) in [7, 11) is 0. The van der Waals surface area contributed by atoms with E-state index < -0.39 is 0 Å². The van der Waals surface area contributed by atoms with Gasteiger partial charge in [0.25, 0.3) is 0 Å². The van der Waals surface area contributed by atoms with E-state index in [1.807, 2.05) is 30.3 Å². The summed E-state index contributed by atoms with van der Waals surface area (Å²) in [4.78, 5) is 0. The van der Waals surface area contributed by atoms with Crippen LogP contribution in [0.4, 0.5) is 0 Å². The van der Waals surface area contributed by atoms with Crippen molar-refractivity contribution in [2.45, 2.75) is 0 Å². The maximum absolute atomic E-state index is 5.84. The Bertz CT molecular complexity index is 907. The Balaban J connectivity index is 1.75. The van der Waals surface area contributed by atoms with Crippen LogP contribution < -0.4 is 0 Å². The molecule has 3 aromatic carbocycles. The summed E-state index contributed by atoms with van der Waals surface area (Å²) < 4.78 is 5.84. The van der Waals surface area contributed by atoms with Crippen LogP contribution in [0.25, 0.3) is 11.3 Å². The van der Waals surface area contributed by atoms with Gasteiger partial charge in [-0.2, -0.15) is 0 Å². The molecule has 0 unspecified atom stereocenters. The monoisotopic (exact) mass is 336 g/mol. The molecule has 0 fully saturated rings. The van der Waals surface area contributed by atoms with Crippen LogP contribution in [0.15, 0.2) is 115 Å². The first-order chi connectivity index (χ1) is 12.9. The van der Waals surface area contributed by atoms with Crippen molar-refractivity contribution in [3.8, 4) is 0 Å². The molecule has 26 heavy (non-hydrogen) atoms. The van der Waals surface area contributed by atoms with Crippen molar-refractivity contribution in [2.75, 3.05) is 6.61 Å². The second kappa shape index (κ2) is 7.71. The second-order valence-electron chi connectivity index (χ2n) is 6.18. The normalized spacial score (nSPS) is 13.2. The predicted molar refractivity (Wildman–Crippen MR) is 108 cm³/mol. The van der Waals surface area contributed by atoms with Gasteiger partial charge in [-0.05, 0) is 40.5 Å². The lowest BCUT2D eigenvalue weighted by atomic mass is 9.95. The number of hydrogen-bond donors (Lipinski definition) is 0. The summed E-state index contributed by atoms with van der Waals surface area (Å²) in [5, 5.41) is 0. The molecular formula is C25H20O. The molecule has 1 heteroatoms. The van der Waals surface area contributed by atoms with Gasteiger partial charge in [0.15, 0.2) is 0 Å². The van der Waals surface area contributed by atoms with Gasteiger partial charge in [0, 0.05) is 5.56 Å². The van der Waals surface area contributed by atoms with Gasteiger partial charge in [-0.25, -0.2) is 0 Å². The van der Waals surface area contributed by atoms with Crippen LogP contribution in [0, 0.1) is 0 Å². The highest BCUT2D eigenvalue weighted by molar-refractivity contribution is 5.82. The van der Waals surface area contributed by atoms with Crippen molar-refractivity contribution in [3.63, 3.8) is 0 Å². The highest BCUT2D eigenvalue weighted by Crippen LogP contribution is 2.28. The minimum absolute atomic E-state index is 0.587. The largest absolute Gasteiger partial charge is 0.489 e. The number of ether oxygens (including phenoxy) is 1. The van der Waals surface area contributed by atoms with Crippen LogP contribution in [0.2, 0.25) is 0 Å². The van der Waals surface area contributed by atoms with E-state index in [1.54, 1.807) is 0 Å². The van der Waals surface area contributed by atoms with Gasteiger partial charge in [0.2, 0.25) is 0 Å². The van der Waals surface area contributed by atoms with E-state index in [2.05, 4.69) is 78.9 Å². The van der Waals surface area contributed by atoms with Crippen molar-refractivity contribution in [2.24, 2.45) is 0 Å². The van der Waals surface area contributed by atoms with Gasteiger partial charge in [0.1, 0.15) is 12.4 Å². The Morgan fingerprint density at radius 3 is 1.81 bits per heavy atom. The predicted octanol–water partition coefficient (Wildman–Crippen LogP) is 6.12. The first kappa shape index (κ1) is 16.2. The molecule has 0 radical (unpaired) electrons. The minimum atomic E-state index is 0.587. The van der Waals surface area contributed by atoms with Crippen molar-refractivity contribution in [3.05, 3.63) is 131 Å². The number of hydrogen-bond acceptors (Lipinski definition) is 1. The summed E-state index contributed by atoms with van der Waals surface area (Å²) in [6.45, 7) is 0.587. The summed E-state index contributed by atoms with van der Waals surface area (Å²) in [5.41, 5.74) is 5.90. The molecule has 0 aliphatic carbocycles. The van der Waals surface area contributed by atoms with E-state index in [1.165, 1.54) is 16.7 Å². The molecule has 0 saturated heterocycles. The fourth-order valence-electron chi connectivity index (χ4n) is 3.08. The Morgan fingerprint density at radius 1 is 0.692 bits per heavy atom. The first-order valence-corrected chi connectivity index (χ1v) is 8.83. The Morgan fingerprint density at radius 2 is 1.23 bits per heavy atom. The highest BCUT2D eigenvalue weighted by atomic mass is 16.5. The summed E-state index contributed by atoms with van der Waals surface area (Å²) in [6.07, 6.45) is 6.49. The molecule has 0 spiro atoms. The van der Waals surface area contributed by atoms with E-state index in [0.717, 1.165) is 16.9 Å². The third kappa shape index (κ3) is 3.68. The quantitative estimate of drug-likeness (QED) is 0.558. The zero-order valence-corrected chi connectivity index (χ0v) is 14.5. The van der Waals surface area contributed by atoms with Gasteiger partial charge < -0.3 is 4.74 Å². The number of rotatable bonds is 4. The van der Waals surface area contributed by atoms with Gasteiger partial charge in [-0.3, -0.25) is 0 Å². The van der Waals surface area contributed by atoms with Gasteiger partial charge in [-0.1, -0.05) is 91.0 Å². The SMILES string of the molecule is C1=C(C=C(c2ccccc2)c2ccccc2)C=C(c2ccccc2)OC1. The zero-order chi connectivity index (χ0) is 17.6. The molecule has 1 nitrogen and oxygen atoms in total. The molecule has 126 valence electrons. The Labute approximate surface area is 154 Å². The van der Waals surface area contributed by atoms with E-state index in [0.29, 0.717) is 6.61 Å². The smallest absolute Gasteiger partial charge is 0.127 e. The fraction of sp³-hybridized carbons (Fsp3) is 0.0400. The number of allylic oxidation sites excluding steroid dienone is 3. The van der Waals surface area contributed by atoms with Crippen molar-refractivity contribution in [1.82, 2.24) is 0 Å². The molecular weight excluding hydrogens is 316 g/mol. The Kier molecular flexibility index (Phi) is 4.79. The van der Waals surface area contributed by atoms with Gasteiger partial charge >= 0.3 is 0 Å². The summed E-state index contributed by atoms with van der Waals surface area (Å²) in [5.74, 6) is 0.917. The van der Waals surface area contributed by atoms with Crippen LogP contribution in [-0.2, 0) is 4.74 Å². The lowest BCUT2D eigenvalue weighted by Crippen LogP contribution is -2.00. The van der Waals surface area contributed by atoms with Crippen molar-refractivity contribution in [1.29, 1.82) is 0 Å². The van der Waals surface area contributed by atoms with Gasteiger partial charge in [0.05, 0.1) is 0 Å². The summed E-state index contributed by atoms with van der Waals surface area (Å²) >= 11 is 0. The van der Waals surface area contributed by atoms with E-state index in [-0.39, 0.29) is 0 Å². The molecule has 1 aliphatic rings. The molecule has 0 N–H and O–H groups in total. The number of benzene rings is 3. The Hall–Kier alpha value is -3.32. The maximum atomic E-state index is 5.84. The molecule has 0 bridgehead atoms. The molecule has 0 aromatic heterocycles. The van der Waals surface area contributed by atoms with E-state index >= 15 is 0 Å². The lowest BCUT2D eigenvalue weighted by Gasteiger charge is -2.16. The molecule has 0 atom stereocenters. The summed E-state index contributed by atoms with van der Waals surface area (Å²) in [6, 6.07) is 31.3.